The third-order valence-corrected chi connectivity index (χ3v) is 3.93. The second kappa shape index (κ2) is 6.33. The van der Waals surface area contributed by atoms with Crippen molar-refractivity contribution in [2.24, 2.45) is 0 Å². The topological polar surface area (TPSA) is 50.3 Å². The number of halogens is 4. The molecule has 2 amide bonds. The molecule has 2 aromatic rings. The largest absolute Gasteiger partial charge is 0.422 e. The Morgan fingerprint density at radius 2 is 1.56 bits per heavy atom. The minimum Gasteiger partial charge on any atom is -0.270 e. The minimum atomic E-state index is -4.95. The van der Waals surface area contributed by atoms with Crippen molar-refractivity contribution in [1.29, 1.82) is 0 Å². The summed E-state index contributed by atoms with van der Waals surface area (Å²) in [5.41, 5.74) is -1.64. The van der Waals surface area contributed by atoms with E-state index < -0.39 is 29.1 Å². The van der Waals surface area contributed by atoms with Crippen molar-refractivity contribution in [1.82, 2.24) is 9.88 Å². The smallest absolute Gasteiger partial charge is 0.270 e. The summed E-state index contributed by atoms with van der Waals surface area (Å²) in [5, 5.41) is 0.309. The van der Waals surface area contributed by atoms with Crippen LogP contribution in [0.15, 0.2) is 54.4 Å². The van der Waals surface area contributed by atoms with E-state index >= 15 is 0 Å². The van der Waals surface area contributed by atoms with Gasteiger partial charge in [0.2, 0.25) is 0 Å². The number of rotatable bonds is 3. The molecule has 0 saturated carbocycles. The lowest BCUT2D eigenvalue weighted by atomic mass is 10.0. The molecule has 1 aromatic heterocycles. The van der Waals surface area contributed by atoms with Crippen LogP contribution in [0.25, 0.3) is 5.57 Å². The number of carbonyl (C=O) groups excluding carboxylic acids is 2. The van der Waals surface area contributed by atoms with E-state index in [9.17, 15) is 22.8 Å². The van der Waals surface area contributed by atoms with E-state index in [2.05, 4.69) is 4.98 Å². The third-order valence-electron chi connectivity index (χ3n) is 3.67. The predicted octanol–water partition coefficient (Wildman–Crippen LogP) is 3.62. The Labute approximate surface area is 145 Å². The number of imide groups is 1. The van der Waals surface area contributed by atoms with Crippen LogP contribution >= 0.6 is 11.6 Å². The van der Waals surface area contributed by atoms with Crippen molar-refractivity contribution in [3.8, 4) is 0 Å². The number of alkyl halides is 3. The molecule has 8 heteroatoms. The van der Waals surface area contributed by atoms with Crippen LogP contribution in [0.5, 0.6) is 0 Å². The maximum atomic E-state index is 13.4. The van der Waals surface area contributed by atoms with Crippen LogP contribution in [0.2, 0.25) is 5.02 Å². The molecule has 1 aromatic carbocycles. The zero-order valence-corrected chi connectivity index (χ0v) is 13.3. The molecule has 25 heavy (non-hydrogen) atoms. The lowest BCUT2D eigenvalue weighted by molar-refractivity contribution is -0.142. The van der Waals surface area contributed by atoms with Crippen LogP contribution in [0.3, 0.4) is 0 Å². The molecule has 0 radical (unpaired) electrons. The van der Waals surface area contributed by atoms with Gasteiger partial charge >= 0.3 is 6.18 Å². The first-order valence-corrected chi connectivity index (χ1v) is 7.49. The predicted molar refractivity (Wildman–Crippen MR) is 84.2 cm³/mol. The van der Waals surface area contributed by atoms with Crippen LogP contribution in [-0.4, -0.2) is 27.9 Å². The second-order valence-corrected chi connectivity index (χ2v) is 5.74. The maximum Gasteiger partial charge on any atom is 0.422 e. The molecule has 0 saturated heterocycles. The van der Waals surface area contributed by atoms with E-state index in [1.807, 2.05) is 0 Å². The van der Waals surface area contributed by atoms with Gasteiger partial charge in [-0.3, -0.25) is 19.5 Å². The summed E-state index contributed by atoms with van der Waals surface area (Å²) in [6, 6.07) is 8.33. The van der Waals surface area contributed by atoms with Crippen LogP contribution in [0.1, 0.15) is 11.1 Å². The Hall–Kier alpha value is -2.67. The highest BCUT2D eigenvalue weighted by Gasteiger charge is 2.51. The van der Waals surface area contributed by atoms with Gasteiger partial charge in [0.15, 0.2) is 0 Å². The molecule has 3 rings (SSSR count). The fourth-order valence-corrected chi connectivity index (χ4v) is 2.66. The first-order chi connectivity index (χ1) is 11.8. The summed E-state index contributed by atoms with van der Waals surface area (Å²) in [4.78, 5) is 29.2. The average Bonchev–Trinajstić information content (AvgIpc) is 2.81. The van der Waals surface area contributed by atoms with Gasteiger partial charge in [0.05, 0.1) is 12.1 Å². The highest BCUT2D eigenvalue weighted by molar-refractivity contribution is 6.36. The molecule has 0 fully saturated rings. The molecule has 0 unspecified atom stereocenters. The summed E-state index contributed by atoms with van der Waals surface area (Å²) in [5.74, 6) is -2.35. The fourth-order valence-electron chi connectivity index (χ4n) is 2.54. The number of benzene rings is 1. The number of carbonyl (C=O) groups is 2. The maximum absolute atomic E-state index is 13.4. The summed E-state index contributed by atoms with van der Waals surface area (Å²) in [7, 11) is 0. The average molecular weight is 367 g/mol. The summed E-state index contributed by atoms with van der Waals surface area (Å²) < 4.78 is 40.3. The van der Waals surface area contributed by atoms with E-state index in [0.717, 1.165) is 0 Å². The lowest BCUT2D eigenvalue weighted by Gasteiger charge is -2.15. The van der Waals surface area contributed by atoms with E-state index in [1.54, 1.807) is 0 Å². The quantitative estimate of drug-likeness (QED) is 0.780. The molecule has 0 spiro atoms. The molecular formula is C17H10ClF3N2O2. The Balaban J connectivity index is 2.05. The van der Waals surface area contributed by atoms with Crippen LogP contribution < -0.4 is 0 Å². The van der Waals surface area contributed by atoms with Crippen molar-refractivity contribution in [2.75, 3.05) is 0 Å². The highest BCUT2D eigenvalue weighted by atomic mass is 35.5. The van der Waals surface area contributed by atoms with Gasteiger partial charge in [-0.05, 0) is 35.4 Å². The molecule has 0 atom stereocenters. The number of hydrogen-bond donors (Lipinski definition) is 0. The van der Waals surface area contributed by atoms with E-state index in [0.29, 0.717) is 15.5 Å². The monoisotopic (exact) mass is 366 g/mol. The molecule has 2 heterocycles. The Kier molecular flexibility index (Phi) is 4.34. The molecule has 0 N–H and O–H groups in total. The number of hydrogen-bond acceptors (Lipinski definition) is 3. The second-order valence-electron chi connectivity index (χ2n) is 5.31. The first-order valence-electron chi connectivity index (χ1n) is 7.11. The number of pyridine rings is 1. The normalized spacial score (nSPS) is 15.3. The van der Waals surface area contributed by atoms with E-state index in [4.69, 9.17) is 11.6 Å². The van der Waals surface area contributed by atoms with Gasteiger partial charge in [-0.15, -0.1) is 0 Å². The molecule has 4 nitrogen and oxygen atoms in total. The Bertz CT molecular complexity index is 862. The first kappa shape index (κ1) is 17.2. The summed E-state index contributed by atoms with van der Waals surface area (Å²) >= 11 is 5.74. The molecule has 0 bridgehead atoms. The fraction of sp³-hybridized carbons (Fsp3) is 0.118. The van der Waals surface area contributed by atoms with E-state index in [1.165, 1.54) is 48.8 Å². The van der Waals surface area contributed by atoms with Gasteiger partial charge in [-0.1, -0.05) is 23.7 Å². The van der Waals surface area contributed by atoms with Crippen molar-refractivity contribution in [3.05, 3.63) is 70.5 Å². The summed E-state index contributed by atoms with van der Waals surface area (Å²) in [6.07, 6.45) is -2.09. The zero-order valence-electron chi connectivity index (χ0n) is 12.5. The molecular weight excluding hydrogens is 357 g/mol. The van der Waals surface area contributed by atoms with Gasteiger partial charge in [-0.2, -0.15) is 13.2 Å². The van der Waals surface area contributed by atoms with Crippen LogP contribution in [-0.2, 0) is 16.1 Å². The minimum absolute atomic E-state index is 0.00713. The van der Waals surface area contributed by atoms with Crippen LogP contribution in [0, 0.1) is 0 Å². The van der Waals surface area contributed by atoms with Crippen LogP contribution in [0.4, 0.5) is 13.2 Å². The highest BCUT2D eigenvalue weighted by Crippen LogP contribution is 2.40. The van der Waals surface area contributed by atoms with Gasteiger partial charge in [0.1, 0.15) is 5.57 Å². The van der Waals surface area contributed by atoms with Crippen molar-refractivity contribution in [2.45, 2.75) is 12.7 Å². The Morgan fingerprint density at radius 3 is 2.12 bits per heavy atom. The zero-order chi connectivity index (χ0) is 18.2. The third kappa shape index (κ3) is 3.28. The number of amides is 2. The Morgan fingerprint density at radius 1 is 0.960 bits per heavy atom. The standard InChI is InChI=1S/C17H10ClF3N2O2/c18-12-3-1-11(2-4-12)13-14(17(19,20)21)16(25)23(15(13)24)9-10-5-7-22-8-6-10/h1-8H,9H2. The number of nitrogens with zero attached hydrogens (tertiary/aromatic N) is 2. The SMILES string of the molecule is O=C1C(c2ccc(Cl)cc2)=C(C(F)(F)F)C(=O)N1Cc1ccncc1. The molecule has 1 aliphatic heterocycles. The van der Waals surface area contributed by atoms with Crippen molar-refractivity contribution >= 4 is 29.0 Å². The summed E-state index contributed by atoms with van der Waals surface area (Å²) in [6.45, 7) is -0.267. The van der Waals surface area contributed by atoms with Gasteiger partial charge < -0.3 is 0 Å². The lowest BCUT2D eigenvalue weighted by Crippen LogP contribution is -2.33. The number of aromatic nitrogens is 1. The van der Waals surface area contributed by atoms with Gasteiger partial charge in [0.25, 0.3) is 11.8 Å². The van der Waals surface area contributed by atoms with E-state index in [-0.39, 0.29) is 12.1 Å². The molecule has 128 valence electrons. The van der Waals surface area contributed by atoms with Gasteiger partial charge in [0, 0.05) is 17.4 Å². The van der Waals surface area contributed by atoms with Gasteiger partial charge in [-0.25, -0.2) is 0 Å². The molecule has 1 aliphatic rings. The van der Waals surface area contributed by atoms with Crippen molar-refractivity contribution < 1.29 is 22.8 Å². The molecule has 0 aliphatic carbocycles. The van der Waals surface area contributed by atoms with Crippen molar-refractivity contribution in [3.63, 3.8) is 0 Å².